The van der Waals surface area contributed by atoms with Crippen molar-refractivity contribution in [3.8, 4) is 5.75 Å². The Morgan fingerprint density at radius 3 is 2.50 bits per heavy atom. The quantitative estimate of drug-likeness (QED) is 0.569. The van der Waals surface area contributed by atoms with Gasteiger partial charge >= 0.3 is 0 Å². The molecule has 2 amide bonds. The van der Waals surface area contributed by atoms with Crippen molar-refractivity contribution in [2.45, 2.75) is 45.1 Å². The van der Waals surface area contributed by atoms with Crippen LogP contribution < -0.4 is 10.1 Å². The van der Waals surface area contributed by atoms with Crippen LogP contribution in [0, 0.1) is 5.92 Å². The molecule has 5 rings (SSSR count). The van der Waals surface area contributed by atoms with Crippen LogP contribution in [0.2, 0.25) is 0 Å². The maximum absolute atomic E-state index is 13.3. The first kappa shape index (κ1) is 24.1. The summed E-state index contributed by atoms with van der Waals surface area (Å²) in [6.07, 6.45) is 2.91. The van der Waals surface area contributed by atoms with E-state index >= 15 is 0 Å². The Balaban J connectivity index is 1.16. The molecule has 36 heavy (non-hydrogen) atoms. The Morgan fingerprint density at radius 1 is 1.08 bits per heavy atom. The minimum Gasteiger partial charge on any atom is -0.497 e. The van der Waals surface area contributed by atoms with E-state index < -0.39 is 0 Å². The largest absolute Gasteiger partial charge is 0.497 e. The van der Waals surface area contributed by atoms with Gasteiger partial charge in [-0.25, -0.2) is 4.98 Å². The number of carbonyl (C=O) groups is 2. The lowest BCUT2D eigenvalue weighted by atomic mass is 9.95. The molecule has 2 aromatic carbocycles. The zero-order valence-corrected chi connectivity index (χ0v) is 20.7. The van der Waals surface area contributed by atoms with E-state index in [4.69, 9.17) is 9.47 Å². The second-order valence-electron chi connectivity index (χ2n) is 9.47. The third-order valence-corrected chi connectivity index (χ3v) is 7.23. The Hall–Kier alpha value is -3.65. The smallest absolute Gasteiger partial charge is 0.274 e. The number of hydrogen-bond donors (Lipinski definition) is 1. The first-order chi connectivity index (χ1) is 17.5. The lowest BCUT2D eigenvalue weighted by Crippen LogP contribution is -2.43. The number of nitrogens with one attached hydrogen (secondary N) is 1. The molecule has 1 saturated heterocycles. The lowest BCUT2D eigenvalue weighted by molar-refractivity contribution is -0.127. The zero-order valence-electron chi connectivity index (χ0n) is 20.7. The second-order valence-corrected chi connectivity index (χ2v) is 9.47. The number of nitrogens with zero attached hydrogens (tertiary/aromatic N) is 3. The fourth-order valence-corrected chi connectivity index (χ4v) is 4.98. The number of rotatable bonds is 6. The van der Waals surface area contributed by atoms with Crippen LogP contribution >= 0.6 is 0 Å². The van der Waals surface area contributed by atoms with E-state index in [-0.39, 0.29) is 29.9 Å². The van der Waals surface area contributed by atoms with Crippen molar-refractivity contribution in [2.75, 3.05) is 20.2 Å². The Bertz CT molecular complexity index is 1200. The number of hydrogen-bond acceptors (Lipinski definition) is 5. The fourth-order valence-electron chi connectivity index (χ4n) is 4.98. The number of piperidine rings is 1. The zero-order chi connectivity index (χ0) is 25.1. The van der Waals surface area contributed by atoms with Gasteiger partial charge in [-0.05, 0) is 43.0 Å². The highest BCUT2D eigenvalue weighted by molar-refractivity contribution is 5.93. The van der Waals surface area contributed by atoms with Gasteiger partial charge in [0, 0.05) is 19.0 Å². The molecule has 2 atom stereocenters. The van der Waals surface area contributed by atoms with Crippen LogP contribution in [0.4, 0.5) is 0 Å². The summed E-state index contributed by atoms with van der Waals surface area (Å²) < 4.78 is 13.3. The van der Waals surface area contributed by atoms with Gasteiger partial charge in [-0.2, -0.15) is 0 Å². The summed E-state index contributed by atoms with van der Waals surface area (Å²) in [4.78, 5) is 32.3. The molecule has 0 unspecified atom stereocenters. The molecule has 1 N–H and O–H groups in total. The molecule has 3 heterocycles. The molecule has 0 bridgehead atoms. The number of amides is 2. The van der Waals surface area contributed by atoms with Crippen LogP contribution in [0.25, 0.3) is 0 Å². The molecular weight excluding hydrogens is 456 g/mol. The topological polar surface area (TPSA) is 85.7 Å². The summed E-state index contributed by atoms with van der Waals surface area (Å²) in [6.45, 7) is 4.00. The van der Waals surface area contributed by atoms with E-state index in [0.29, 0.717) is 44.8 Å². The highest BCUT2D eigenvalue weighted by Gasteiger charge is 2.32. The van der Waals surface area contributed by atoms with E-state index in [1.807, 2.05) is 71.0 Å². The van der Waals surface area contributed by atoms with Gasteiger partial charge in [-0.1, -0.05) is 42.5 Å². The predicted octanol–water partition coefficient (Wildman–Crippen LogP) is 3.89. The van der Waals surface area contributed by atoms with Crippen LogP contribution in [0.3, 0.4) is 0 Å². The van der Waals surface area contributed by atoms with Gasteiger partial charge in [0.1, 0.15) is 11.9 Å². The molecule has 0 spiro atoms. The SMILES string of the molecule is COc1ccc([C@H]2Cn3cnc(C(=O)N4CCC(C(=O)N[C@H](C)c5ccccc5)CC4)c3CO2)cc1. The van der Waals surface area contributed by atoms with Crippen molar-refractivity contribution in [3.63, 3.8) is 0 Å². The highest BCUT2D eigenvalue weighted by atomic mass is 16.5. The third kappa shape index (κ3) is 4.99. The number of carbonyl (C=O) groups excluding carboxylic acids is 2. The number of benzene rings is 2. The number of likely N-dealkylation sites (tertiary alicyclic amines) is 1. The van der Waals surface area contributed by atoms with Crippen LogP contribution in [0.5, 0.6) is 5.75 Å². The predicted molar refractivity (Wildman–Crippen MR) is 134 cm³/mol. The van der Waals surface area contributed by atoms with Crippen LogP contribution in [0.1, 0.15) is 59.2 Å². The molecule has 0 aliphatic carbocycles. The van der Waals surface area contributed by atoms with Crippen molar-refractivity contribution in [1.29, 1.82) is 0 Å². The molecule has 8 heteroatoms. The van der Waals surface area contributed by atoms with Crippen molar-refractivity contribution < 1.29 is 19.1 Å². The van der Waals surface area contributed by atoms with Gasteiger partial charge in [0.15, 0.2) is 5.69 Å². The van der Waals surface area contributed by atoms with Crippen LogP contribution in [-0.4, -0.2) is 46.5 Å². The first-order valence-corrected chi connectivity index (χ1v) is 12.5. The van der Waals surface area contributed by atoms with E-state index in [1.165, 1.54) is 0 Å². The summed E-state index contributed by atoms with van der Waals surface area (Å²) in [5, 5.41) is 3.12. The molecule has 8 nitrogen and oxygen atoms in total. The molecule has 0 saturated carbocycles. The summed E-state index contributed by atoms with van der Waals surface area (Å²) in [7, 11) is 1.65. The second kappa shape index (κ2) is 10.5. The third-order valence-electron chi connectivity index (χ3n) is 7.23. The average Bonchev–Trinajstić information content (AvgIpc) is 3.36. The molecule has 3 aromatic rings. The summed E-state index contributed by atoms with van der Waals surface area (Å²) in [5.74, 6) is 0.671. The highest BCUT2D eigenvalue weighted by Crippen LogP contribution is 2.30. The number of aromatic nitrogens is 2. The molecule has 2 aliphatic heterocycles. The summed E-state index contributed by atoms with van der Waals surface area (Å²) >= 11 is 0. The Labute approximate surface area is 211 Å². The van der Waals surface area contributed by atoms with Gasteiger partial charge < -0.3 is 24.3 Å². The van der Waals surface area contributed by atoms with Gasteiger partial charge in [-0.15, -0.1) is 0 Å². The number of ether oxygens (including phenoxy) is 2. The summed E-state index contributed by atoms with van der Waals surface area (Å²) in [6, 6.07) is 17.7. The molecule has 0 radical (unpaired) electrons. The van der Waals surface area contributed by atoms with Gasteiger partial charge in [-0.3, -0.25) is 9.59 Å². The van der Waals surface area contributed by atoms with Crippen molar-refractivity contribution in [2.24, 2.45) is 5.92 Å². The fraction of sp³-hybridized carbons (Fsp3) is 0.393. The standard InChI is InChI=1S/C28H32N4O4/c1-19(20-6-4-3-5-7-20)30-27(33)22-12-14-31(15-13-22)28(34)26-24-17-36-25(16-32(24)18-29-26)21-8-10-23(35-2)11-9-21/h3-11,18-19,22,25H,12-17H2,1-2H3,(H,30,33)/t19-,25-/m1/s1. The van der Waals surface area contributed by atoms with Crippen molar-refractivity contribution in [3.05, 3.63) is 83.4 Å². The van der Waals surface area contributed by atoms with Gasteiger partial charge in [0.2, 0.25) is 5.91 Å². The van der Waals surface area contributed by atoms with E-state index in [9.17, 15) is 9.59 Å². The maximum atomic E-state index is 13.3. The minimum atomic E-state index is -0.104. The summed E-state index contributed by atoms with van der Waals surface area (Å²) in [5.41, 5.74) is 3.40. The van der Waals surface area contributed by atoms with Crippen molar-refractivity contribution >= 4 is 11.8 Å². The Kier molecular flexibility index (Phi) is 7.04. The number of fused-ring (bicyclic) bond motifs is 1. The maximum Gasteiger partial charge on any atom is 0.274 e. The minimum absolute atomic E-state index is 0.0443. The molecule has 1 aromatic heterocycles. The number of methoxy groups -OCH3 is 1. The number of imidazole rings is 1. The van der Waals surface area contributed by atoms with Crippen LogP contribution in [-0.2, 0) is 22.7 Å². The average molecular weight is 489 g/mol. The molecule has 188 valence electrons. The first-order valence-electron chi connectivity index (χ1n) is 12.5. The van der Waals surface area contributed by atoms with Gasteiger partial charge in [0.25, 0.3) is 5.91 Å². The van der Waals surface area contributed by atoms with E-state index in [2.05, 4.69) is 10.3 Å². The van der Waals surface area contributed by atoms with E-state index in [1.54, 1.807) is 13.4 Å². The van der Waals surface area contributed by atoms with E-state index in [0.717, 1.165) is 22.6 Å². The molecule has 1 fully saturated rings. The lowest BCUT2D eigenvalue weighted by Gasteiger charge is -2.32. The van der Waals surface area contributed by atoms with Crippen LogP contribution in [0.15, 0.2) is 60.9 Å². The van der Waals surface area contributed by atoms with Gasteiger partial charge in [0.05, 0.1) is 38.3 Å². The molecular formula is C28H32N4O4. The molecule has 2 aliphatic rings. The Morgan fingerprint density at radius 2 is 1.81 bits per heavy atom. The monoisotopic (exact) mass is 488 g/mol. The normalized spacial score (nSPS) is 18.8. The van der Waals surface area contributed by atoms with Crippen molar-refractivity contribution in [1.82, 2.24) is 19.8 Å².